The van der Waals surface area contributed by atoms with Crippen LogP contribution in [-0.2, 0) is 11.2 Å². The molecule has 0 spiro atoms. The SMILES string of the molecule is O=C1CNCCN1CCc1cccnc1. The van der Waals surface area contributed by atoms with Crippen LogP contribution in [0, 0.1) is 0 Å². The number of rotatable bonds is 3. The Balaban J connectivity index is 1.85. The smallest absolute Gasteiger partial charge is 0.236 e. The van der Waals surface area contributed by atoms with Crippen LogP contribution in [0.15, 0.2) is 24.5 Å². The van der Waals surface area contributed by atoms with Crippen molar-refractivity contribution in [2.75, 3.05) is 26.2 Å². The zero-order valence-electron chi connectivity index (χ0n) is 8.65. The maximum Gasteiger partial charge on any atom is 0.236 e. The van der Waals surface area contributed by atoms with Crippen LogP contribution in [0.3, 0.4) is 0 Å². The molecule has 1 aromatic heterocycles. The summed E-state index contributed by atoms with van der Waals surface area (Å²) in [6, 6.07) is 3.97. The third-order valence-corrected chi connectivity index (χ3v) is 2.58. The Labute approximate surface area is 89.3 Å². The maximum atomic E-state index is 11.5. The molecule has 2 heterocycles. The van der Waals surface area contributed by atoms with Crippen LogP contribution in [0.4, 0.5) is 0 Å². The Morgan fingerprint density at radius 2 is 2.47 bits per heavy atom. The van der Waals surface area contributed by atoms with E-state index in [-0.39, 0.29) is 5.91 Å². The van der Waals surface area contributed by atoms with E-state index >= 15 is 0 Å². The predicted octanol–water partition coefficient (Wildman–Crippen LogP) is 0.0559. The van der Waals surface area contributed by atoms with Crippen LogP contribution in [0.5, 0.6) is 0 Å². The highest BCUT2D eigenvalue weighted by Crippen LogP contribution is 2.01. The largest absolute Gasteiger partial charge is 0.340 e. The second kappa shape index (κ2) is 4.89. The second-order valence-electron chi connectivity index (χ2n) is 3.67. The van der Waals surface area contributed by atoms with Gasteiger partial charge in [0.05, 0.1) is 6.54 Å². The van der Waals surface area contributed by atoms with Crippen molar-refractivity contribution in [1.29, 1.82) is 0 Å². The molecule has 0 radical (unpaired) electrons. The highest BCUT2D eigenvalue weighted by Gasteiger charge is 2.16. The van der Waals surface area contributed by atoms with Gasteiger partial charge in [0.25, 0.3) is 0 Å². The topological polar surface area (TPSA) is 45.2 Å². The van der Waals surface area contributed by atoms with E-state index < -0.39 is 0 Å². The number of nitrogens with zero attached hydrogens (tertiary/aromatic N) is 2. The summed E-state index contributed by atoms with van der Waals surface area (Å²) in [7, 11) is 0. The Morgan fingerprint density at radius 3 is 3.20 bits per heavy atom. The first-order valence-corrected chi connectivity index (χ1v) is 5.23. The first-order chi connectivity index (χ1) is 7.36. The van der Waals surface area contributed by atoms with Crippen LogP contribution in [0.25, 0.3) is 0 Å². The molecule has 0 bridgehead atoms. The fraction of sp³-hybridized carbons (Fsp3) is 0.455. The predicted molar refractivity (Wildman–Crippen MR) is 57.4 cm³/mol. The van der Waals surface area contributed by atoms with Crippen molar-refractivity contribution >= 4 is 5.91 Å². The molecule has 1 N–H and O–H groups in total. The molecular weight excluding hydrogens is 190 g/mol. The Morgan fingerprint density at radius 1 is 1.53 bits per heavy atom. The van der Waals surface area contributed by atoms with Crippen LogP contribution >= 0.6 is 0 Å². The van der Waals surface area contributed by atoms with E-state index in [1.807, 2.05) is 23.2 Å². The summed E-state index contributed by atoms with van der Waals surface area (Å²) in [6.07, 6.45) is 4.51. The molecule has 0 aromatic carbocycles. The van der Waals surface area contributed by atoms with Gasteiger partial charge >= 0.3 is 0 Å². The standard InChI is InChI=1S/C11H15N3O/c15-11-9-13-5-7-14(11)6-3-10-2-1-4-12-8-10/h1-2,4,8,13H,3,5-7,9H2. The highest BCUT2D eigenvalue weighted by molar-refractivity contribution is 5.78. The molecule has 1 aliphatic rings. The third kappa shape index (κ3) is 2.76. The lowest BCUT2D eigenvalue weighted by Gasteiger charge is -2.27. The van der Waals surface area contributed by atoms with Crippen molar-refractivity contribution < 1.29 is 4.79 Å². The van der Waals surface area contributed by atoms with Gasteiger partial charge in [-0.3, -0.25) is 9.78 Å². The van der Waals surface area contributed by atoms with E-state index in [2.05, 4.69) is 10.3 Å². The Hall–Kier alpha value is -1.42. The first-order valence-electron chi connectivity index (χ1n) is 5.23. The van der Waals surface area contributed by atoms with Gasteiger partial charge in [-0.15, -0.1) is 0 Å². The minimum Gasteiger partial charge on any atom is -0.340 e. The van der Waals surface area contributed by atoms with Crippen LogP contribution < -0.4 is 5.32 Å². The average molecular weight is 205 g/mol. The number of amides is 1. The summed E-state index contributed by atoms with van der Waals surface area (Å²) in [5, 5.41) is 3.06. The Kier molecular flexibility index (Phi) is 3.29. The normalized spacial score (nSPS) is 16.8. The van der Waals surface area contributed by atoms with Gasteiger partial charge in [-0.2, -0.15) is 0 Å². The zero-order chi connectivity index (χ0) is 10.5. The highest BCUT2D eigenvalue weighted by atomic mass is 16.2. The first kappa shape index (κ1) is 10.1. The van der Waals surface area contributed by atoms with Gasteiger partial charge in [0.1, 0.15) is 0 Å². The number of carbonyl (C=O) groups excluding carboxylic acids is 1. The molecule has 80 valence electrons. The molecule has 0 saturated carbocycles. The molecule has 0 aliphatic carbocycles. The second-order valence-corrected chi connectivity index (χ2v) is 3.67. The van der Waals surface area contributed by atoms with Gasteiger partial charge in [0.2, 0.25) is 5.91 Å². The third-order valence-electron chi connectivity index (χ3n) is 2.58. The molecule has 1 aromatic rings. The van der Waals surface area contributed by atoms with Crippen molar-refractivity contribution in [1.82, 2.24) is 15.2 Å². The zero-order valence-corrected chi connectivity index (χ0v) is 8.65. The van der Waals surface area contributed by atoms with Gasteiger partial charge < -0.3 is 10.2 Å². The fourth-order valence-corrected chi connectivity index (χ4v) is 1.69. The molecular formula is C11H15N3O. The van der Waals surface area contributed by atoms with Crippen LogP contribution in [-0.4, -0.2) is 42.0 Å². The summed E-state index contributed by atoms with van der Waals surface area (Å²) in [4.78, 5) is 17.4. The van der Waals surface area contributed by atoms with Crippen molar-refractivity contribution in [2.45, 2.75) is 6.42 Å². The number of hydrogen-bond donors (Lipinski definition) is 1. The van der Waals surface area contributed by atoms with Crippen molar-refractivity contribution in [2.24, 2.45) is 0 Å². The van der Waals surface area contributed by atoms with E-state index in [1.165, 1.54) is 5.56 Å². The van der Waals surface area contributed by atoms with Gasteiger partial charge in [0.15, 0.2) is 0 Å². The number of nitrogens with one attached hydrogen (secondary N) is 1. The lowest BCUT2D eigenvalue weighted by atomic mass is 10.2. The molecule has 1 aliphatic heterocycles. The summed E-state index contributed by atoms with van der Waals surface area (Å²) < 4.78 is 0. The molecule has 1 saturated heterocycles. The van der Waals surface area contributed by atoms with E-state index in [0.29, 0.717) is 6.54 Å². The van der Waals surface area contributed by atoms with Gasteiger partial charge in [-0.05, 0) is 18.1 Å². The quantitative estimate of drug-likeness (QED) is 0.758. The molecule has 15 heavy (non-hydrogen) atoms. The molecule has 0 atom stereocenters. The van der Waals surface area contributed by atoms with Crippen molar-refractivity contribution in [3.8, 4) is 0 Å². The fourth-order valence-electron chi connectivity index (χ4n) is 1.69. The number of carbonyl (C=O) groups is 1. The van der Waals surface area contributed by atoms with E-state index in [0.717, 1.165) is 26.1 Å². The van der Waals surface area contributed by atoms with E-state index in [1.54, 1.807) is 6.20 Å². The minimum atomic E-state index is 0.199. The number of pyridine rings is 1. The number of aromatic nitrogens is 1. The lowest BCUT2D eigenvalue weighted by Crippen LogP contribution is -2.48. The summed E-state index contributed by atoms with van der Waals surface area (Å²) in [6.45, 7) is 3.00. The average Bonchev–Trinajstić information content (AvgIpc) is 2.29. The number of piperazine rings is 1. The molecule has 0 unspecified atom stereocenters. The number of hydrogen-bond acceptors (Lipinski definition) is 3. The van der Waals surface area contributed by atoms with Crippen molar-refractivity contribution in [3.63, 3.8) is 0 Å². The van der Waals surface area contributed by atoms with Crippen LogP contribution in [0.2, 0.25) is 0 Å². The summed E-state index contributed by atoms with van der Waals surface area (Å²) in [5.74, 6) is 0.199. The molecule has 2 rings (SSSR count). The van der Waals surface area contributed by atoms with Gasteiger partial charge in [0, 0.05) is 32.0 Å². The maximum absolute atomic E-state index is 11.5. The molecule has 4 heteroatoms. The van der Waals surface area contributed by atoms with Gasteiger partial charge in [-0.25, -0.2) is 0 Å². The van der Waals surface area contributed by atoms with Crippen LogP contribution in [0.1, 0.15) is 5.56 Å². The minimum absolute atomic E-state index is 0.199. The Bertz CT molecular complexity index is 326. The molecule has 4 nitrogen and oxygen atoms in total. The summed E-state index contributed by atoms with van der Waals surface area (Å²) in [5.41, 5.74) is 1.18. The van der Waals surface area contributed by atoms with Crippen molar-refractivity contribution in [3.05, 3.63) is 30.1 Å². The molecule has 1 fully saturated rings. The van der Waals surface area contributed by atoms with E-state index in [9.17, 15) is 4.79 Å². The lowest BCUT2D eigenvalue weighted by molar-refractivity contribution is -0.131. The summed E-state index contributed by atoms with van der Waals surface area (Å²) >= 11 is 0. The van der Waals surface area contributed by atoms with E-state index in [4.69, 9.17) is 0 Å². The monoisotopic (exact) mass is 205 g/mol. The van der Waals surface area contributed by atoms with Gasteiger partial charge in [-0.1, -0.05) is 6.07 Å². The molecule has 1 amide bonds.